The lowest BCUT2D eigenvalue weighted by atomic mass is 10.3. The summed E-state index contributed by atoms with van der Waals surface area (Å²) in [5.41, 5.74) is 0.657. The number of urea groups is 1. The Kier molecular flexibility index (Phi) is 3.79. The molecule has 8 heteroatoms. The van der Waals surface area contributed by atoms with Gasteiger partial charge in [-0.2, -0.15) is 5.10 Å². The molecule has 0 aliphatic carbocycles. The number of hydrogen-bond acceptors (Lipinski definition) is 4. The molecule has 2 N–H and O–H groups in total. The molecule has 0 bridgehead atoms. The second-order valence-electron chi connectivity index (χ2n) is 4.20. The molecule has 2 rings (SSSR count). The minimum absolute atomic E-state index is 0.228. The molecule has 8 nitrogen and oxygen atoms in total. The lowest BCUT2D eigenvalue weighted by molar-refractivity contribution is 0.248. The average Bonchev–Trinajstić information content (AvgIpc) is 2.97. The highest BCUT2D eigenvalue weighted by atomic mass is 16.2. The monoisotopic (exact) mass is 263 g/mol. The molecule has 0 aliphatic rings. The fourth-order valence-electron chi connectivity index (χ4n) is 1.71. The molecule has 0 saturated heterocycles. The minimum atomic E-state index is -0.300. The molecule has 0 spiro atoms. The highest BCUT2D eigenvalue weighted by Gasteiger charge is 2.14. The molecule has 2 heterocycles. The van der Waals surface area contributed by atoms with Crippen molar-refractivity contribution in [2.24, 2.45) is 7.05 Å². The maximum absolute atomic E-state index is 11.8. The van der Waals surface area contributed by atoms with Crippen LogP contribution in [0.1, 0.15) is 25.7 Å². The molecule has 0 radical (unpaired) electrons. The maximum atomic E-state index is 11.8. The minimum Gasteiger partial charge on any atom is -0.328 e. The quantitative estimate of drug-likeness (QED) is 0.858. The molecule has 2 aromatic heterocycles. The van der Waals surface area contributed by atoms with Crippen LogP contribution in [-0.4, -0.2) is 30.6 Å². The smallest absolute Gasteiger partial charge is 0.319 e. The number of carbonyl (C=O) groups excluding carboxylic acids is 1. The third-order valence-corrected chi connectivity index (χ3v) is 2.70. The Morgan fingerprint density at radius 1 is 1.53 bits per heavy atom. The summed E-state index contributed by atoms with van der Waals surface area (Å²) in [6.07, 6.45) is 4.97. The van der Waals surface area contributed by atoms with Crippen LogP contribution in [0.15, 0.2) is 18.7 Å². The van der Waals surface area contributed by atoms with Gasteiger partial charge in [0.2, 0.25) is 0 Å². The number of hydrogen-bond donors (Lipinski definition) is 2. The Morgan fingerprint density at radius 3 is 2.89 bits per heavy atom. The van der Waals surface area contributed by atoms with Crippen molar-refractivity contribution >= 4 is 11.7 Å². The van der Waals surface area contributed by atoms with E-state index < -0.39 is 0 Å². The summed E-state index contributed by atoms with van der Waals surface area (Å²) in [6.45, 7) is 4.59. The number of nitrogens with one attached hydrogen (secondary N) is 2. The number of aryl methyl sites for hydroxylation is 2. The maximum Gasteiger partial charge on any atom is 0.319 e. The second-order valence-corrected chi connectivity index (χ2v) is 4.20. The molecule has 0 unspecified atom stereocenters. The number of rotatable bonds is 4. The van der Waals surface area contributed by atoms with E-state index >= 15 is 0 Å². The van der Waals surface area contributed by atoms with Crippen LogP contribution in [0.5, 0.6) is 0 Å². The van der Waals surface area contributed by atoms with E-state index in [1.165, 1.54) is 0 Å². The Morgan fingerprint density at radius 2 is 2.32 bits per heavy atom. The highest BCUT2D eigenvalue weighted by molar-refractivity contribution is 5.89. The number of anilines is 1. The molecule has 0 saturated carbocycles. The van der Waals surface area contributed by atoms with Crippen LogP contribution in [0.2, 0.25) is 0 Å². The van der Waals surface area contributed by atoms with Gasteiger partial charge in [0.1, 0.15) is 6.33 Å². The number of aromatic nitrogens is 5. The van der Waals surface area contributed by atoms with Gasteiger partial charge in [0.25, 0.3) is 0 Å². The molecule has 102 valence electrons. The molecular formula is C11H17N7O. The summed E-state index contributed by atoms with van der Waals surface area (Å²) in [6, 6.07) is -0.528. The first-order valence-corrected chi connectivity index (χ1v) is 6.04. The highest BCUT2D eigenvalue weighted by Crippen LogP contribution is 2.08. The summed E-state index contributed by atoms with van der Waals surface area (Å²) in [5.74, 6) is 0.694. The zero-order chi connectivity index (χ0) is 13.8. The zero-order valence-electron chi connectivity index (χ0n) is 11.2. The summed E-state index contributed by atoms with van der Waals surface area (Å²) < 4.78 is 3.50. The van der Waals surface area contributed by atoms with Crippen LogP contribution in [0.3, 0.4) is 0 Å². The van der Waals surface area contributed by atoms with Crippen molar-refractivity contribution in [3.05, 3.63) is 24.5 Å². The van der Waals surface area contributed by atoms with Crippen LogP contribution in [0.25, 0.3) is 0 Å². The molecular weight excluding hydrogens is 246 g/mol. The molecule has 2 amide bonds. The van der Waals surface area contributed by atoms with Crippen LogP contribution < -0.4 is 10.6 Å². The van der Waals surface area contributed by atoms with Gasteiger partial charge in [0, 0.05) is 19.8 Å². The van der Waals surface area contributed by atoms with E-state index in [0.29, 0.717) is 11.5 Å². The second kappa shape index (κ2) is 5.51. The lowest BCUT2D eigenvalue weighted by Gasteiger charge is -2.12. The van der Waals surface area contributed by atoms with Crippen molar-refractivity contribution in [2.45, 2.75) is 26.4 Å². The van der Waals surface area contributed by atoms with Gasteiger partial charge in [0.15, 0.2) is 5.82 Å². The molecule has 2 aromatic rings. The Labute approximate surface area is 110 Å². The van der Waals surface area contributed by atoms with Gasteiger partial charge in [-0.3, -0.25) is 4.68 Å². The molecule has 19 heavy (non-hydrogen) atoms. The summed E-state index contributed by atoms with van der Waals surface area (Å²) in [4.78, 5) is 11.8. The Bertz CT molecular complexity index is 559. The van der Waals surface area contributed by atoms with Crippen molar-refractivity contribution in [1.82, 2.24) is 29.9 Å². The first-order valence-electron chi connectivity index (χ1n) is 6.04. The van der Waals surface area contributed by atoms with Crippen LogP contribution in [-0.2, 0) is 13.6 Å². The first-order chi connectivity index (χ1) is 9.10. The number of nitrogens with zero attached hydrogens (tertiary/aromatic N) is 5. The molecule has 0 fully saturated rings. The van der Waals surface area contributed by atoms with Gasteiger partial charge in [-0.05, 0) is 13.8 Å². The van der Waals surface area contributed by atoms with Gasteiger partial charge in [0.05, 0.1) is 17.9 Å². The predicted molar refractivity (Wildman–Crippen MR) is 69.5 cm³/mol. The van der Waals surface area contributed by atoms with Crippen molar-refractivity contribution in [3.63, 3.8) is 0 Å². The van der Waals surface area contributed by atoms with E-state index in [2.05, 4.69) is 25.9 Å². The van der Waals surface area contributed by atoms with Crippen molar-refractivity contribution in [2.75, 3.05) is 5.32 Å². The fourth-order valence-corrected chi connectivity index (χ4v) is 1.71. The number of amides is 2. The van der Waals surface area contributed by atoms with E-state index in [9.17, 15) is 4.79 Å². The molecule has 0 aromatic carbocycles. The predicted octanol–water partition coefficient (Wildman–Crippen LogP) is 0.914. The fraction of sp³-hybridized carbons (Fsp3) is 0.455. The van der Waals surface area contributed by atoms with Gasteiger partial charge in [-0.1, -0.05) is 0 Å². The van der Waals surface area contributed by atoms with E-state index in [1.807, 2.05) is 20.9 Å². The first kappa shape index (κ1) is 13.1. The lowest BCUT2D eigenvalue weighted by Crippen LogP contribution is -2.32. The topological polar surface area (TPSA) is 89.7 Å². The summed E-state index contributed by atoms with van der Waals surface area (Å²) in [5, 5.41) is 17.3. The Hall–Kier alpha value is -2.38. The van der Waals surface area contributed by atoms with Crippen LogP contribution in [0, 0.1) is 0 Å². The van der Waals surface area contributed by atoms with E-state index in [-0.39, 0.29) is 12.1 Å². The van der Waals surface area contributed by atoms with Crippen LogP contribution >= 0.6 is 0 Å². The third-order valence-electron chi connectivity index (χ3n) is 2.70. The largest absolute Gasteiger partial charge is 0.328 e. The van der Waals surface area contributed by atoms with Gasteiger partial charge in [-0.15, -0.1) is 10.2 Å². The Balaban J connectivity index is 1.92. The van der Waals surface area contributed by atoms with Crippen molar-refractivity contribution < 1.29 is 4.79 Å². The molecule has 1 atom stereocenters. The zero-order valence-corrected chi connectivity index (χ0v) is 11.2. The normalized spacial score (nSPS) is 12.2. The average molecular weight is 263 g/mol. The summed E-state index contributed by atoms with van der Waals surface area (Å²) in [7, 11) is 1.83. The number of carbonyl (C=O) groups is 1. The van der Waals surface area contributed by atoms with Crippen molar-refractivity contribution in [3.8, 4) is 0 Å². The van der Waals surface area contributed by atoms with E-state index in [4.69, 9.17) is 0 Å². The van der Waals surface area contributed by atoms with E-state index in [0.717, 1.165) is 6.54 Å². The van der Waals surface area contributed by atoms with E-state index in [1.54, 1.807) is 28.0 Å². The SMILES string of the molecule is CCn1cc(NC(=O)N[C@@H](C)c2nncn2C)cn1. The van der Waals surface area contributed by atoms with Crippen LogP contribution in [0.4, 0.5) is 10.5 Å². The van der Waals surface area contributed by atoms with Gasteiger partial charge >= 0.3 is 6.03 Å². The van der Waals surface area contributed by atoms with Gasteiger partial charge < -0.3 is 15.2 Å². The molecule has 0 aliphatic heterocycles. The summed E-state index contributed by atoms with van der Waals surface area (Å²) >= 11 is 0. The third kappa shape index (κ3) is 3.09. The standard InChI is InChI=1S/C11H17N7O/c1-4-18-6-9(5-13-18)15-11(19)14-8(2)10-16-12-7-17(10)3/h5-8H,4H2,1-3H3,(H2,14,15,19)/t8-/m0/s1. The van der Waals surface area contributed by atoms with Crippen molar-refractivity contribution in [1.29, 1.82) is 0 Å². The van der Waals surface area contributed by atoms with Gasteiger partial charge in [-0.25, -0.2) is 4.79 Å².